The van der Waals surface area contributed by atoms with Gasteiger partial charge in [0, 0.05) is 5.57 Å². The molecule has 0 aromatic carbocycles. The molecule has 0 unspecified atom stereocenters. The van der Waals surface area contributed by atoms with Gasteiger partial charge in [-0.2, -0.15) is 0 Å². The zero-order chi connectivity index (χ0) is 10.8. The average molecular weight is 190 g/mol. The van der Waals surface area contributed by atoms with Crippen LogP contribution in [-0.4, -0.2) is 6.29 Å². The standard InChI is InChI=1S/C13H18O/c1-5-11(9-14)12-10(2)7-6-8-13(12,3)4/h5-7,9H,8H2,1-4H3/b11-5-. The molecular formula is C13H18O. The first-order chi connectivity index (χ1) is 6.53. The lowest BCUT2D eigenvalue weighted by Crippen LogP contribution is -2.19. The molecule has 1 nitrogen and oxygen atoms in total. The summed E-state index contributed by atoms with van der Waals surface area (Å²) in [6, 6.07) is 0. The zero-order valence-electron chi connectivity index (χ0n) is 9.42. The molecule has 0 saturated carbocycles. The Balaban J connectivity index is 3.26. The van der Waals surface area contributed by atoms with Crippen molar-refractivity contribution >= 4 is 6.29 Å². The van der Waals surface area contributed by atoms with E-state index in [1.807, 2.05) is 13.0 Å². The summed E-state index contributed by atoms with van der Waals surface area (Å²) < 4.78 is 0. The van der Waals surface area contributed by atoms with Crippen LogP contribution in [0, 0.1) is 5.41 Å². The van der Waals surface area contributed by atoms with E-state index in [-0.39, 0.29) is 5.41 Å². The summed E-state index contributed by atoms with van der Waals surface area (Å²) in [5, 5.41) is 0. The third kappa shape index (κ3) is 1.87. The first-order valence-corrected chi connectivity index (χ1v) is 5.02. The van der Waals surface area contributed by atoms with Crippen molar-refractivity contribution in [1.29, 1.82) is 0 Å². The summed E-state index contributed by atoms with van der Waals surface area (Å²) in [4.78, 5) is 10.9. The molecule has 0 fully saturated rings. The number of carbonyl (C=O) groups excluding carboxylic acids is 1. The molecule has 1 aliphatic rings. The molecule has 1 rings (SSSR count). The van der Waals surface area contributed by atoms with Crippen molar-refractivity contribution in [3.8, 4) is 0 Å². The molecule has 0 aliphatic heterocycles. The van der Waals surface area contributed by atoms with Crippen molar-refractivity contribution < 1.29 is 4.79 Å². The second-order valence-electron chi connectivity index (χ2n) is 4.41. The Labute approximate surface area is 86.2 Å². The van der Waals surface area contributed by atoms with Crippen LogP contribution in [0.15, 0.2) is 34.9 Å². The Morgan fingerprint density at radius 2 is 2.14 bits per heavy atom. The molecule has 0 heterocycles. The quantitative estimate of drug-likeness (QED) is 0.481. The number of hydrogen-bond donors (Lipinski definition) is 0. The highest BCUT2D eigenvalue weighted by Crippen LogP contribution is 2.40. The maximum absolute atomic E-state index is 10.9. The largest absolute Gasteiger partial charge is 0.298 e. The van der Waals surface area contributed by atoms with Gasteiger partial charge in [0.2, 0.25) is 0 Å². The fourth-order valence-corrected chi connectivity index (χ4v) is 2.14. The third-order valence-electron chi connectivity index (χ3n) is 2.79. The van der Waals surface area contributed by atoms with Crippen molar-refractivity contribution in [3.05, 3.63) is 34.9 Å². The van der Waals surface area contributed by atoms with E-state index < -0.39 is 0 Å². The summed E-state index contributed by atoms with van der Waals surface area (Å²) in [6.45, 7) is 8.35. The van der Waals surface area contributed by atoms with Gasteiger partial charge >= 0.3 is 0 Å². The van der Waals surface area contributed by atoms with Crippen molar-refractivity contribution in [3.63, 3.8) is 0 Å². The van der Waals surface area contributed by atoms with Gasteiger partial charge in [-0.3, -0.25) is 4.79 Å². The Morgan fingerprint density at radius 1 is 1.50 bits per heavy atom. The van der Waals surface area contributed by atoms with Crippen LogP contribution in [0.5, 0.6) is 0 Å². The van der Waals surface area contributed by atoms with Crippen LogP contribution < -0.4 is 0 Å². The summed E-state index contributed by atoms with van der Waals surface area (Å²) in [7, 11) is 0. The van der Waals surface area contributed by atoms with Crippen LogP contribution in [0.25, 0.3) is 0 Å². The molecule has 0 N–H and O–H groups in total. The molecule has 0 saturated heterocycles. The summed E-state index contributed by atoms with van der Waals surface area (Å²) in [5.41, 5.74) is 3.32. The lowest BCUT2D eigenvalue weighted by molar-refractivity contribution is -0.104. The van der Waals surface area contributed by atoms with Crippen LogP contribution >= 0.6 is 0 Å². The van der Waals surface area contributed by atoms with Gasteiger partial charge in [0.25, 0.3) is 0 Å². The predicted octanol–water partition coefficient (Wildman–Crippen LogP) is 3.43. The average Bonchev–Trinajstić information content (AvgIpc) is 2.11. The van der Waals surface area contributed by atoms with Crippen LogP contribution in [0.4, 0.5) is 0 Å². The summed E-state index contributed by atoms with van der Waals surface area (Å²) in [5.74, 6) is 0. The maximum atomic E-state index is 10.9. The monoisotopic (exact) mass is 190 g/mol. The van der Waals surface area contributed by atoms with Crippen LogP contribution in [0.1, 0.15) is 34.1 Å². The van der Waals surface area contributed by atoms with Gasteiger partial charge in [0.15, 0.2) is 0 Å². The predicted molar refractivity (Wildman–Crippen MR) is 60.1 cm³/mol. The molecule has 0 aromatic heterocycles. The minimum Gasteiger partial charge on any atom is -0.298 e. The highest BCUT2D eigenvalue weighted by Gasteiger charge is 2.27. The Hall–Kier alpha value is -1.11. The van der Waals surface area contributed by atoms with E-state index in [0.29, 0.717) is 0 Å². The maximum Gasteiger partial charge on any atom is 0.150 e. The van der Waals surface area contributed by atoms with Gasteiger partial charge in [-0.05, 0) is 36.8 Å². The zero-order valence-corrected chi connectivity index (χ0v) is 9.42. The van der Waals surface area contributed by atoms with E-state index in [1.54, 1.807) is 0 Å². The molecule has 0 amide bonds. The van der Waals surface area contributed by atoms with E-state index in [9.17, 15) is 4.79 Å². The molecule has 76 valence electrons. The summed E-state index contributed by atoms with van der Waals surface area (Å²) in [6.07, 6.45) is 8.14. The first-order valence-electron chi connectivity index (χ1n) is 5.02. The lowest BCUT2D eigenvalue weighted by Gasteiger charge is -2.31. The van der Waals surface area contributed by atoms with Crippen LogP contribution in [0.2, 0.25) is 0 Å². The first kappa shape index (κ1) is 11.0. The molecule has 0 spiro atoms. The van der Waals surface area contributed by atoms with Crippen LogP contribution in [-0.2, 0) is 4.79 Å². The molecular weight excluding hydrogens is 172 g/mol. The van der Waals surface area contributed by atoms with Gasteiger partial charge < -0.3 is 0 Å². The van der Waals surface area contributed by atoms with Crippen molar-refractivity contribution in [1.82, 2.24) is 0 Å². The SMILES string of the molecule is C/C=C(/C=O)C1=C(C)C=CCC1(C)C. The van der Waals surface area contributed by atoms with E-state index >= 15 is 0 Å². The van der Waals surface area contributed by atoms with Gasteiger partial charge in [-0.1, -0.05) is 32.1 Å². The molecule has 0 aromatic rings. The van der Waals surface area contributed by atoms with Crippen molar-refractivity contribution in [2.75, 3.05) is 0 Å². The van der Waals surface area contributed by atoms with Crippen LogP contribution in [0.3, 0.4) is 0 Å². The second kappa shape index (κ2) is 3.95. The minimum absolute atomic E-state index is 0.0849. The normalized spacial score (nSPS) is 21.3. The fourth-order valence-electron chi connectivity index (χ4n) is 2.14. The number of carbonyl (C=O) groups is 1. The van der Waals surface area contributed by atoms with Crippen molar-refractivity contribution in [2.24, 2.45) is 5.41 Å². The Kier molecular flexibility index (Phi) is 3.10. The van der Waals surface area contributed by atoms with Crippen molar-refractivity contribution in [2.45, 2.75) is 34.1 Å². The number of rotatable bonds is 2. The summed E-state index contributed by atoms with van der Waals surface area (Å²) >= 11 is 0. The molecule has 0 radical (unpaired) electrons. The van der Waals surface area contributed by atoms with Gasteiger partial charge in [0.05, 0.1) is 0 Å². The highest BCUT2D eigenvalue weighted by atomic mass is 16.1. The molecule has 1 aliphatic carbocycles. The molecule has 0 atom stereocenters. The Morgan fingerprint density at radius 3 is 2.57 bits per heavy atom. The number of hydrogen-bond acceptors (Lipinski definition) is 1. The Bertz CT molecular complexity index is 327. The molecule has 14 heavy (non-hydrogen) atoms. The second-order valence-corrected chi connectivity index (χ2v) is 4.41. The van der Waals surface area contributed by atoms with E-state index in [0.717, 1.165) is 18.3 Å². The van der Waals surface area contributed by atoms with Gasteiger partial charge in [0.1, 0.15) is 6.29 Å². The topological polar surface area (TPSA) is 17.1 Å². The molecule has 0 bridgehead atoms. The third-order valence-corrected chi connectivity index (χ3v) is 2.79. The van der Waals surface area contributed by atoms with E-state index in [1.165, 1.54) is 11.1 Å². The number of aldehydes is 1. The fraction of sp³-hybridized carbons (Fsp3) is 0.462. The highest BCUT2D eigenvalue weighted by molar-refractivity contribution is 5.81. The van der Waals surface area contributed by atoms with Gasteiger partial charge in [-0.25, -0.2) is 0 Å². The minimum atomic E-state index is 0.0849. The van der Waals surface area contributed by atoms with E-state index in [4.69, 9.17) is 0 Å². The number of allylic oxidation sites excluding steroid dienone is 6. The molecule has 1 heteroatoms. The van der Waals surface area contributed by atoms with Gasteiger partial charge in [-0.15, -0.1) is 0 Å². The lowest BCUT2D eigenvalue weighted by atomic mass is 9.73. The smallest absolute Gasteiger partial charge is 0.150 e. The van der Waals surface area contributed by atoms with E-state index in [2.05, 4.69) is 32.9 Å².